The first-order valence-corrected chi connectivity index (χ1v) is 19.5. The number of anilines is 5. The van der Waals surface area contributed by atoms with Gasteiger partial charge in [0.1, 0.15) is 34.6 Å². The Bertz CT molecular complexity index is 2700. The molecule has 57 heavy (non-hydrogen) atoms. The fraction of sp³-hybridized carbons (Fsp3) is 0.255. The summed E-state index contributed by atoms with van der Waals surface area (Å²) in [5.74, 6) is -2.80. The van der Waals surface area contributed by atoms with Crippen LogP contribution in [0.2, 0.25) is 0 Å². The zero-order valence-electron chi connectivity index (χ0n) is 35.0. The summed E-state index contributed by atoms with van der Waals surface area (Å²) in [6.45, 7) is 24.7. The van der Waals surface area contributed by atoms with Crippen LogP contribution in [0.5, 0.6) is 0 Å². The van der Waals surface area contributed by atoms with Crippen LogP contribution in [0, 0.1) is 106 Å². The van der Waals surface area contributed by atoms with Gasteiger partial charge in [0.15, 0.2) is 0 Å². The van der Waals surface area contributed by atoms with Gasteiger partial charge in [-0.3, -0.25) is 0 Å². The van der Waals surface area contributed by atoms with Crippen LogP contribution < -0.4 is 9.80 Å². The molecular formula is C51H50F4N2. The van der Waals surface area contributed by atoms with E-state index >= 15 is 17.6 Å². The van der Waals surface area contributed by atoms with E-state index in [0.717, 1.165) is 66.8 Å². The van der Waals surface area contributed by atoms with Crippen molar-refractivity contribution in [3.8, 4) is 0 Å². The third-order valence-electron chi connectivity index (χ3n) is 12.9. The molecule has 0 aliphatic carbocycles. The van der Waals surface area contributed by atoms with Gasteiger partial charge in [0.2, 0.25) is 0 Å². The van der Waals surface area contributed by atoms with Gasteiger partial charge in [-0.25, -0.2) is 17.6 Å². The van der Waals surface area contributed by atoms with E-state index in [1.165, 1.54) is 42.0 Å². The van der Waals surface area contributed by atoms with E-state index in [9.17, 15) is 0 Å². The van der Waals surface area contributed by atoms with E-state index in [4.69, 9.17) is 0 Å². The lowest BCUT2D eigenvalue weighted by molar-refractivity contribution is 0.580. The lowest BCUT2D eigenvalue weighted by Gasteiger charge is -2.36. The lowest BCUT2D eigenvalue weighted by Crippen LogP contribution is -2.23. The van der Waals surface area contributed by atoms with Crippen LogP contribution in [0.15, 0.2) is 72.8 Å². The maximum Gasteiger partial charge on any atom is 0.150 e. The normalized spacial score (nSPS) is 11.6. The molecule has 0 aliphatic heterocycles. The highest BCUT2D eigenvalue weighted by Gasteiger charge is 2.32. The second kappa shape index (κ2) is 14.7. The van der Waals surface area contributed by atoms with Crippen LogP contribution in [0.4, 0.5) is 46.0 Å². The maximum atomic E-state index is 16.5. The predicted octanol–water partition coefficient (Wildman–Crippen LogP) is 15.1. The Morgan fingerprint density at radius 3 is 1.18 bits per heavy atom. The molecule has 0 amide bonds. The summed E-state index contributed by atoms with van der Waals surface area (Å²) in [5.41, 5.74) is 14.9. The van der Waals surface area contributed by atoms with Gasteiger partial charge in [-0.2, -0.15) is 0 Å². The zero-order valence-corrected chi connectivity index (χ0v) is 35.0. The molecule has 2 nitrogen and oxygen atoms in total. The quantitative estimate of drug-likeness (QED) is 0.0906. The molecule has 0 saturated carbocycles. The third-order valence-corrected chi connectivity index (χ3v) is 12.9. The molecule has 0 atom stereocenters. The summed E-state index contributed by atoms with van der Waals surface area (Å²) < 4.78 is 65.9. The molecule has 7 aromatic carbocycles. The number of rotatable bonds is 7. The van der Waals surface area contributed by atoms with Crippen molar-refractivity contribution in [3.05, 3.63) is 168 Å². The average molecular weight is 767 g/mol. The molecule has 0 N–H and O–H groups in total. The van der Waals surface area contributed by atoms with Crippen LogP contribution >= 0.6 is 0 Å². The molecule has 0 fully saturated rings. The summed E-state index contributed by atoms with van der Waals surface area (Å²) in [6, 6.07) is 19.9. The topological polar surface area (TPSA) is 6.48 Å². The van der Waals surface area contributed by atoms with Crippen molar-refractivity contribution >= 4 is 50.0 Å². The van der Waals surface area contributed by atoms with Crippen LogP contribution in [-0.4, -0.2) is 0 Å². The molecule has 7 aromatic rings. The molecule has 0 heterocycles. The molecule has 7 rings (SSSR count). The van der Waals surface area contributed by atoms with E-state index < -0.39 is 23.3 Å². The van der Waals surface area contributed by atoms with Crippen molar-refractivity contribution in [1.29, 1.82) is 0 Å². The van der Waals surface area contributed by atoms with Gasteiger partial charge >= 0.3 is 0 Å². The van der Waals surface area contributed by atoms with Gasteiger partial charge in [0.05, 0.1) is 17.1 Å². The van der Waals surface area contributed by atoms with Crippen LogP contribution in [0.1, 0.15) is 72.3 Å². The molecule has 0 spiro atoms. The van der Waals surface area contributed by atoms with Crippen LogP contribution in [0.3, 0.4) is 0 Å². The van der Waals surface area contributed by atoms with Crippen molar-refractivity contribution in [2.75, 3.05) is 9.80 Å². The smallest absolute Gasteiger partial charge is 0.150 e. The summed E-state index contributed by atoms with van der Waals surface area (Å²) in [6.07, 6.45) is 0. The van der Waals surface area contributed by atoms with Crippen molar-refractivity contribution in [2.45, 2.75) is 89.6 Å². The third kappa shape index (κ3) is 6.34. The van der Waals surface area contributed by atoms with E-state index in [-0.39, 0.29) is 17.9 Å². The number of halogens is 4. The Labute approximate surface area is 334 Å². The van der Waals surface area contributed by atoms with Crippen molar-refractivity contribution in [3.63, 3.8) is 0 Å². The molecule has 0 aromatic heterocycles. The van der Waals surface area contributed by atoms with E-state index in [1.807, 2.05) is 77.9 Å². The molecule has 6 heteroatoms. The summed E-state index contributed by atoms with van der Waals surface area (Å²) in [5, 5.41) is 2.74. The number of fused-ring (bicyclic) bond motifs is 2. The minimum Gasteiger partial charge on any atom is -0.331 e. The monoisotopic (exact) mass is 766 g/mol. The van der Waals surface area contributed by atoms with Gasteiger partial charge in [0.25, 0.3) is 0 Å². The van der Waals surface area contributed by atoms with Crippen molar-refractivity contribution < 1.29 is 17.6 Å². The van der Waals surface area contributed by atoms with Crippen LogP contribution in [-0.2, 0) is 6.54 Å². The van der Waals surface area contributed by atoms with Crippen molar-refractivity contribution in [2.24, 2.45) is 0 Å². The number of hydrogen-bond donors (Lipinski definition) is 0. The Kier molecular flexibility index (Phi) is 10.2. The van der Waals surface area contributed by atoms with Gasteiger partial charge in [-0.05, 0) is 181 Å². The predicted molar refractivity (Wildman–Crippen MR) is 232 cm³/mol. The first-order valence-electron chi connectivity index (χ1n) is 19.5. The molecule has 0 saturated heterocycles. The van der Waals surface area contributed by atoms with E-state index in [2.05, 4.69) is 41.5 Å². The highest BCUT2D eigenvalue weighted by Crippen LogP contribution is 2.53. The fourth-order valence-corrected chi connectivity index (χ4v) is 8.79. The average Bonchev–Trinajstić information content (AvgIpc) is 3.17. The highest BCUT2D eigenvalue weighted by molar-refractivity contribution is 6.23. The Morgan fingerprint density at radius 1 is 0.351 bits per heavy atom. The SMILES string of the molecule is Cc1ccc2c(N(c3c(F)cccc3F)c3c(C)c(C)c(C)c(C)c3C)c3cc(C)ccc3c(N(Cc3c(C)c(C)c(C)c(C)c3C)c3c(F)cccc3F)c2c1. The van der Waals surface area contributed by atoms with Gasteiger partial charge in [-0.1, -0.05) is 47.5 Å². The van der Waals surface area contributed by atoms with Gasteiger partial charge in [0, 0.05) is 28.1 Å². The standard InChI is InChI=1S/C51H50F4N2/c1-26-20-22-39-40(23-26)48(56(50-43(52)15-13-16-44(50)53)25-42-34(9)30(5)28(3)31(6)35(42)10)38-21-19-27(2)24-41(38)49(39)57(51-45(54)17-14-18-46(51)55)47-36(11)32(7)29(4)33(8)37(47)12/h13-24H,25H2,1-12H3. The van der Waals surface area contributed by atoms with E-state index in [0.29, 0.717) is 38.6 Å². The maximum absolute atomic E-state index is 16.5. The zero-order chi connectivity index (χ0) is 41.4. The van der Waals surface area contributed by atoms with E-state index in [1.54, 1.807) is 9.80 Å². The van der Waals surface area contributed by atoms with Gasteiger partial charge in [-0.15, -0.1) is 0 Å². The van der Waals surface area contributed by atoms with Gasteiger partial charge < -0.3 is 9.80 Å². The lowest BCUT2D eigenvalue weighted by atomic mass is 9.88. The summed E-state index contributed by atoms with van der Waals surface area (Å²) in [4.78, 5) is 3.54. The minimum atomic E-state index is -0.707. The molecule has 0 unspecified atom stereocenters. The van der Waals surface area contributed by atoms with Crippen LogP contribution in [0.25, 0.3) is 21.5 Å². The molecule has 292 valence electrons. The number of aryl methyl sites for hydroxylation is 2. The fourth-order valence-electron chi connectivity index (χ4n) is 8.79. The molecule has 0 radical (unpaired) electrons. The number of para-hydroxylation sites is 2. The molecule has 0 aliphatic rings. The summed E-state index contributed by atoms with van der Waals surface area (Å²) in [7, 11) is 0. The number of benzene rings is 7. The molecular weight excluding hydrogens is 717 g/mol. The minimum absolute atomic E-state index is 0.168. The Morgan fingerprint density at radius 2 is 0.719 bits per heavy atom. The molecule has 0 bridgehead atoms. The Hall–Kier alpha value is -5.62. The first kappa shape index (κ1) is 39.6. The largest absolute Gasteiger partial charge is 0.331 e. The van der Waals surface area contributed by atoms with Crippen molar-refractivity contribution in [1.82, 2.24) is 0 Å². The second-order valence-electron chi connectivity index (χ2n) is 15.9. The highest BCUT2D eigenvalue weighted by atomic mass is 19.1. The first-order chi connectivity index (χ1) is 27.0. The second-order valence-corrected chi connectivity index (χ2v) is 15.9. The Balaban J connectivity index is 1.72. The summed E-state index contributed by atoms with van der Waals surface area (Å²) >= 11 is 0. The number of hydrogen-bond acceptors (Lipinski definition) is 2. The number of nitrogens with zero attached hydrogens (tertiary/aromatic N) is 2.